The first kappa shape index (κ1) is 13.3. The molecule has 0 bridgehead atoms. The number of β-amino-alcohol motifs (C(OH)–C–C–N with tert-alkyl or cyclic N) is 1. The molecule has 2 aromatic rings. The van der Waals surface area contributed by atoms with E-state index in [9.17, 15) is 9.18 Å². The van der Waals surface area contributed by atoms with Crippen molar-refractivity contribution in [2.75, 3.05) is 13.1 Å². The van der Waals surface area contributed by atoms with E-state index < -0.39 is 11.9 Å². The summed E-state index contributed by atoms with van der Waals surface area (Å²) in [5.74, 6) is -0.762. The summed E-state index contributed by atoms with van der Waals surface area (Å²) in [6.07, 6.45) is 0.721. The fourth-order valence-electron chi connectivity index (χ4n) is 1.94. The summed E-state index contributed by atoms with van der Waals surface area (Å²) in [4.78, 5) is 17.4. The number of amides is 1. The van der Waals surface area contributed by atoms with E-state index in [0.717, 1.165) is 0 Å². The third kappa shape index (κ3) is 2.34. The number of likely N-dealkylation sites (tertiary alicyclic amines) is 1. The topological polar surface area (TPSA) is 66.6 Å². The molecule has 0 radical (unpaired) electrons. The molecule has 104 valence electrons. The number of nitrogens with zero attached hydrogens (tertiary/aromatic N) is 2. The molecule has 1 aliphatic rings. The van der Waals surface area contributed by atoms with Crippen LogP contribution in [0, 0.1) is 5.82 Å². The van der Waals surface area contributed by atoms with Crippen LogP contribution in [0.15, 0.2) is 33.4 Å². The van der Waals surface area contributed by atoms with Crippen molar-refractivity contribution in [3.63, 3.8) is 0 Å². The van der Waals surface area contributed by atoms with E-state index in [1.165, 1.54) is 23.3 Å². The van der Waals surface area contributed by atoms with Crippen LogP contribution in [0.25, 0.3) is 11.5 Å². The maximum atomic E-state index is 13.8. The van der Waals surface area contributed by atoms with E-state index >= 15 is 0 Å². The molecular formula is C13H10BrFN2O3. The molecule has 1 amide bonds. The van der Waals surface area contributed by atoms with Crippen molar-refractivity contribution in [2.45, 2.75) is 6.10 Å². The zero-order valence-electron chi connectivity index (χ0n) is 10.2. The quantitative estimate of drug-likeness (QED) is 0.908. The van der Waals surface area contributed by atoms with Crippen molar-refractivity contribution in [3.05, 3.63) is 40.4 Å². The summed E-state index contributed by atoms with van der Waals surface area (Å²) in [5, 5.41) is 9.17. The second kappa shape index (κ2) is 4.99. The van der Waals surface area contributed by atoms with Gasteiger partial charge in [0.2, 0.25) is 5.89 Å². The van der Waals surface area contributed by atoms with Crippen molar-refractivity contribution in [2.24, 2.45) is 0 Å². The molecule has 20 heavy (non-hydrogen) atoms. The molecule has 1 saturated heterocycles. The highest BCUT2D eigenvalue weighted by molar-refractivity contribution is 9.10. The molecule has 0 spiro atoms. The van der Waals surface area contributed by atoms with Gasteiger partial charge in [-0.15, -0.1) is 0 Å². The lowest BCUT2D eigenvalue weighted by atomic mass is 10.1. The van der Waals surface area contributed by atoms with Gasteiger partial charge in [-0.05, 0) is 18.2 Å². The van der Waals surface area contributed by atoms with Gasteiger partial charge in [0.1, 0.15) is 12.1 Å². The van der Waals surface area contributed by atoms with Crippen LogP contribution in [0.1, 0.15) is 10.5 Å². The number of aliphatic hydroxyl groups excluding tert-OH is 1. The van der Waals surface area contributed by atoms with Gasteiger partial charge < -0.3 is 14.4 Å². The zero-order valence-corrected chi connectivity index (χ0v) is 11.8. The van der Waals surface area contributed by atoms with Crippen LogP contribution >= 0.6 is 15.9 Å². The fourth-order valence-corrected chi connectivity index (χ4v) is 2.27. The summed E-state index contributed by atoms with van der Waals surface area (Å²) in [5.41, 5.74) is 0.296. The Morgan fingerprint density at radius 1 is 1.50 bits per heavy atom. The molecule has 1 aromatic carbocycles. The molecule has 0 saturated carbocycles. The van der Waals surface area contributed by atoms with Gasteiger partial charge >= 0.3 is 0 Å². The van der Waals surface area contributed by atoms with Gasteiger partial charge in [-0.25, -0.2) is 9.37 Å². The van der Waals surface area contributed by atoms with E-state index in [0.29, 0.717) is 4.47 Å². The molecule has 7 heteroatoms. The highest BCUT2D eigenvalue weighted by Crippen LogP contribution is 2.25. The van der Waals surface area contributed by atoms with Gasteiger partial charge in [0, 0.05) is 17.6 Å². The molecule has 1 aromatic heterocycles. The number of rotatable bonds is 2. The van der Waals surface area contributed by atoms with E-state index in [-0.39, 0.29) is 36.1 Å². The molecule has 5 nitrogen and oxygen atoms in total. The monoisotopic (exact) mass is 340 g/mol. The second-order valence-electron chi connectivity index (χ2n) is 4.53. The Bertz CT molecular complexity index is 667. The third-order valence-electron chi connectivity index (χ3n) is 3.03. The first-order chi connectivity index (χ1) is 9.54. The van der Waals surface area contributed by atoms with Crippen molar-refractivity contribution < 1.29 is 18.7 Å². The third-order valence-corrected chi connectivity index (χ3v) is 3.53. The number of halogens is 2. The molecule has 2 heterocycles. The maximum Gasteiger partial charge on any atom is 0.276 e. The summed E-state index contributed by atoms with van der Waals surface area (Å²) in [6, 6.07) is 4.48. The molecule has 1 fully saturated rings. The SMILES string of the molecule is O=C(c1coc(-c2ccc(Br)cc2F)n1)N1CC(O)C1. The molecule has 0 atom stereocenters. The minimum atomic E-state index is -0.486. The first-order valence-electron chi connectivity index (χ1n) is 5.93. The Labute approximate surface area is 122 Å². The predicted molar refractivity (Wildman–Crippen MR) is 71.5 cm³/mol. The summed E-state index contributed by atoms with van der Waals surface area (Å²) < 4.78 is 19.5. The minimum absolute atomic E-state index is 0.0550. The van der Waals surface area contributed by atoms with Crippen molar-refractivity contribution in [1.82, 2.24) is 9.88 Å². The minimum Gasteiger partial charge on any atom is -0.444 e. The van der Waals surface area contributed by atoms with E-state index in [4.69, 9.17) is 9.52 Å². The van der Waals surface area contributed by atoms with Gasteiger partial charge in [-0.3, -0.25) is 4.79 Å². The molecule has 0 aliphatic carbocycles. The zero-order chi connectivity index (χ0) is 14.3. The highest BCUT2D eigenvalue weighted by Gasteiger charge is 2.31. The van der Waals surface area contributed by atoms with Gasteiger partial charge in [0.05, 0.1) is 11.7 Å². The van der Waals surface area contributed by atoms with Crippen molar-refractivity contribution in [3.8, 4) is 11.5 Å². The Kier molecular flexibility index (Phi) is 3.31. The molecule has 1 N–H and O–H groups in total. The Hall–Kier alpha value is -1.73. The first-order valence-corrected chi connectivity index (χ1v) is 6.72. The largest absolute Gasteiger partial charge is 0.444 e. The number of oxazole rings is 1. The number of aromatic nitrogens is 1. The summed E-state index contributed by atoms with van der Waals surface area (Å²) in [7, 11) is 0. The Morgan fingerprint density at radius 2 is 2.25 bits per heavy atom. The van der Waals surface area contributed by atoms with Gasteiger partial charge in [0.25, 0.3) is 5.91 Å². The van der Waals surface area contributed by atoms with Crippen molar-refractivity contribution >= 4 is 21.8 Å². The molecule has 0 unspecified atom stereocenters. The van der Waals surface area contributed by atoms with Gasteiger partial charge in [-0.2, -0.15) is 0 Å². The van der Waals surface area contributed by atoms with Crippen LogP contribution in [0.5, 0.6) is 0 Å². The number of hydrogen-bond acceptors (Lipinski definition) is 4. The van der Waals surface area contributed by atoms with Crippen molar-refractivity contribution in [1.29, 1.82) is 0 Å². The lowest BCUT2D eigenvalue weighted by Gasteiger charge is -2.35. The second-order valence-corrected chi connectivity index (χ2v) is 5.44. The van der Waals surface area contributed by atoms with Gasteiger partial charge in [-0.1, -0.05) is 15.9 Å². The Balaban J connectivity index is 1.84. The average molecular weight is 341 g/mol. The highest BCUT2D eigenvalue weighted by atomic mass is 79.9. The van der Waals surface area contributed by atoms with Crippen LogP contribution in [0.4, 0.5) is 4.39 Å². The van der Waals surface area contributed by atoms with Crippen LogP contribution in [-0.4, -0.2) is 40.1 Å². The Morgan fingerprint density at radius 3 is 2.90 bits per heavy atom. The molecule has 3 rings (SSSR count). The van der Waals surface area contributed by atoms with E-state index in [1.54, 1.807) is 6.07 Å². The van der Waals surface area contributed by atoms with Crippen LogP contribution in [-0.2, 0) is 0 Å². The normalized spacial score (nSPS) is 15.2. The average Bonchev–Trinajstić information content (AvgIpc) is 2.83. The smallest absolute Gasteiger partial charge is 0.276 e. The fraction of sp³-hybridized carbons (Fsp3) is 0.231. The molecular weight excluding hydrogens is 331 g/mol. The van der Waals surface area contributed by atoms with Crippen LogP contribution in [0.2, 0.25) is 0 Å². The van der Waals surface area contributed by atoms with E-state index in [2.05, 4.69) is 20.9 Å². The van der Waals surface area contributed by atoms with E-state index in [1.807, 2.05) is 0 Å². The summed E-state index contributed by atoms with van der Waals surface area (Å²) >= 11 is 3.16. The molecule has 1 aliphatic heterocycles. The standard InChI is InChI=1S/C13H10BrFN2O3/c14-7-1-2-9(10(15)3-7)12-16-11(6-20-12)13(19)17-4-8(18)5-17/h1-3,6,8,18H,4-5H2. The number of benzene rings is 1. The maximum absolute atomic E-state index is 13.8. The van der Waals surface area contributed by atoms with Gasteiger partial charge in [0.15, 0.2) is 5.69 Å². The number of carbonyl (C=O) groups is 1. The summed E-state index contributed by atoms with van der Waals surface area (Å²) in [6.45, 7) is 0.571. The van der Waals surface area contributed by atoms with Crippen LogP contribution < -0.4 is 0 Å². The lowest BCUT2D eigenvalue weighted by Crippen LogP contribution is -2.53. The van der Waals surface area contributed by atoms with Crippen LogP contribution in [0.3, 0.4) is 0 Å². The number of carbonyl (C=O) groups excluding carboxylic acids is 1. The lowest BCUT2D eigenvalue weighted by molar-refractivity contribution is 0.00550. The number of hydrogen-bond donors (Lipinski definition) is 1. The predicted octanol–water partition coefficient (Wildman–Crippen LogP) is 2.06. The number of aliphatic hydroxyl groups is 1.